The van der Waals surface area contributed by atoms with Crippen molar-refractivity contribution < 1.29 is 14.3 Å². The van der Waals surface area contributed by atoms with E-state index in [0.717, 1.165) is 0 Å². The first-order chi connectivity index (χ1) is 10.6. The summed E-state index contributed by atoms with van der Waals surface area (Å²) in [6.07, 6.45) is 0. The van der Waals surface area contributed by atoms with Crippen LogP contribution in [-0.2, 0) is 0 Å². The van der Waals surface area contributed by atoms with Crippen molar-refractivity contribution in [2.45, 2.75) is 0 Å². The number of hydrogen-bond acceptors (Lipinski definition) is 4. The lowest BCUT2D eigenvalue weighted by Gasteiger charge is -2.19. The highest BCUT2D eigenvalue weighted by Crippen LogP contribution is 2.32. The Morgan fingerprint density at radius 3 is 2.18 bits per heavy atom. The molecule has 0 atom stereocenters. The molecule has 110 valence electrons. The van der Waals surface area contributed by atoms with Crippen LogP contribution in [-0.4, -0.2) is 18.7 Å². The summed E-state index contributed by atoms with van der Waals surface area (Å²) in [5, 5.41) is 2.81. The molecule has 2 aromatic rings. The molecule has 2 aromatic carbocycles. The van der Waals surface area contributed by atoms with Crippen LogP contribution in [0.1, 0.15) is 20.7 Å². The molecule has 1 N–H and O–H groups in total. The average molecular weight is 314 g/mol. The Balaban J connectivity index is 2.06. The molecule has 0 amide bonds. The van der Waals surface area contributed by atoms with Crippen LogP contribution < -0.4 is 10.1 Å². The van der Waals surface area contributed by atoms with Crippen molar-refractivity contribution in [3.8, 4) is 5.75 Å². The summed E-state index contributed by atoms with van der Waals surface area (Å²) in [6, 6.07) is 13.7. The molecular weight excluding hydrogens is 302 g/mol. The molecule has 0 spiro atoms. The quantitative estimate of drug-likeness (QED) is 0.940. The maximum atomic E-state index is 12.6. The predicted molar refractivity (Wildman–Crippen MR) is 84.6 cm³/mol. The van der Waals surface area contributed by atoms with E-state index in [4.69, 9.17) is 16.3 Å². The predicted octanol–water partition coefficient (Wildman–Crippen LogP) is 3.64. The standard InChI is InChI=1S/C17H12ClNO3/c1-22-13-9-5-4-8-12(13)19-15-14(18)16(20)10-6-2-3-7-11(10)17(15)21/h2-9,19H,1H3. The van der Waals surface area contributed by atoms with Crippen LogP contribution >= 0.6 is 11.6 Å². The first-order valence-electron chi connectivity index (χ1n) is 6.61. The molecule has 22 heavy (non-hydrogen) atoms. The number of anilines is 1. The van der Waals surface area contributed by atoms with Gasteiger partial charge in [0, 0.05) is 11.1 Å². The molecule has 5 heteroatoms. The SMILES string of the molecule is COc1ccccc1NC1=C(Cl)C(=O)c2ccccc2C1=O. The third-order valence-corrected chi connectivity index (χ3v) is 3.79. The van der Waals surface area contributed by atoms with E-state index in [1.165, 1.54) is 7.11 Å². The fourth-order valence-corrected chi connectivity index (χ4v) is 2.57. The summed E-state index contributed by atoms with van der Waals surface area (Å²) in [5.74, 6) is -0.126. The van der Waals surface area contributed by atoms with Gasteiger partial charge in [0.2, 0.25) is 11.6 Å². The molecule has 1 aliphatic carbocycles. The number of methoxy groups -OCH3 is 1. The second kappa shape index (κ2) is 5.66. The van der Waals surface area contributed by atoms with E-state index in [9.17, 15) is 9.59 Å². The minimum Gasteiger partial charge on any atom is -0.495 e. The number of ketones is 2. The van der Waals surface area contributed by atoms with Gasteiger partial charge in [-0.1, -0.05) is 48.0 Å². The van der Waals surface area contributed by atoms with Crippen molar-refractivity contribution >= 4 is 28.9 Å². The molecule has 3 rings (SSSR count). The smallest absolute Gasteiger partial charge is 0.211 e. The van der Waals surface area contributed by atoms with Crippen molar-refractivity contribution in [3.63, 3.8) is 0 Å². The first-order valence-corrected chi connectivity index (χ1v) is 6.99. The number of carbonyl (C=O) groups is 2. The van der Waals surface area contributed by atoms with E-state index in [1.54, 1.807) is 42.5 Å². The summed E-state index contributed by atoms with van der Waals surface area (Å²) in [5.41, 5.74) is 1.30. The van der Waals surface area contributed by atoms with E-state index in [-0.39, 0.29) is 22.3 Å². The van der Waals surface area contributed by atoms with Gasteiger partial charge in [0.1, 0.15) is 16.5 Å². The third kappa shape index (κ3) is 2.27. The van der Waals surface area contributed by atoms with Gasteiger partial charge in [-0.05, 0) is 12.1 Å². The monoisotopic (exact) mass is 313 g/mol. The van der Waals surface area contributed by atoms with Crippen LogP contribution in [0.3, 0.4) is 0 Å². The molecule has 4 nitrogen and oxygen atoms in total. The van der Waals surface area contributed by atoms with Crippen LogP contribution in [0.5, 0.6) is 5.75 Å². The number of Topliss-reactive ketones (excluding diaryl/α,β-unsaturated/α-hetero) is 2. The number of nitrogens with one attached hydrogen (secondary N) is 1. The van der Waals surface area contributed by atoms with Crippen molar-refractivity contribution in [2.75, 3.05) is 12.4 Å². The zero-order valence-corrected chi connectivity index (χ0v) is 12.5. The zero-order chi connectivity index (χ0) is 15.7. The van der Waals surface area contributed by atoms with Crippen molar-refractivity contribution in [3.05, 3.63) is 70.4 Å². The zero-order valence-electron chi connectivity index (χ0n) is 11.7. The van der Waals surface area contributed by atoms with E-state index in [2.05, 4.69) is 5.32 Å². The fraction of sp³-hybridized carbons (Fsp3) is 0.0588. The van der Waals surface area contributed by atoms with Crippen molar-refractivity contribution in [1.82, 2.24) is 0 Å². The Kier molecular flexibility index (Phi) is 3.69. The number of halogens is 1. The van der Waals surface area contributed by atoms with Gasteiger partial charge in [0.15, 0.2) is 0 Å². The summed E-state index contributed by atoms with van der Waals surface area (Å²) in [6.45, 7) is 0. The van der Waals surface area contributed by atoms with E-state index in [0.29, 0.717) is 22.6 Å². The normalized spacial score (nSPS) is 13.9. The number of benzene rings is 2. The first kappa shape index (κ1) is 14.4. The van der Waals surface area contributed by atoms with E-state index >= 15 is 0 Å². The second-order valence-corrected chi connectivity index (χ2v) is 5.10. The highest BCUT2D eigenvalue weighted by molar-refractivity contribution is 6.50. The summed E-state index contributed by atoms with van der Waals surface area (Å²) < 4.78 is 5.23. The molecule has 0 radical (unpaired) electrons. The van der Waals surface area contributed by atoms with Gasteiger partial charge in [0.05, 0.1) is 12.8 Å². The number of rotatable bonds is 3. The average Bonchev–Trinajstić information content (AvgIpc) is 2.57. The molecule has 0 aromatic heterocycles. The molecule has 1 aliphatic rings. The molecule has 0 fully saturated rings. The lowest BCUT2D eigenvalue weighted by Crippen LogP contribution is -2.24. The molecule has 0 unspecified atom stereocenters. The highest BCUT2D eigenvalue weighted by Gasteiger charge is 2.31. The van der Waals surface area contributed by atoms with Gasteiger partial charge in [-0.15, -0.1) is 0 Å². The Labute approximate surface area is 132 Å². The van der Waals surface area contributed by atoms with Crippen LogP contribution in [0.25, 0.3) is 0 Å². The lowest BCUT2D eigenvalue weighted by atomic mass is 9.92. The largest absolute Gasteiger partial charge is 0.495 e. The van der Waals surface area contributed by atoms with Gasteiger partial charge in [0.25, 0.3) is 0 Å². The maximum Gasteiger partial charge on any atom is 0.211 e. The molecule has 0 bridgehead atoms. The number of ether oxygens (including phenoxy) is 1. The van der Waals surface area contributed by atoms with E-state index in [1.807, 2.05) is 6.07 Å². The number of hydrogen-bond donors (Lipinski definition) is 1. The minimum absolute atomic E-state index is 0.0647. The van der Waals surface area contributed by atoms with Gasteiger partial charge in [-0.25, -0.2) is 0 Å². The van der Waals surface area contributed by atoms with Gasteiger partial charge < -0.3 is 10.1 Å². The number of carbonyl (C=O) groups excluding carboxylic acids is 2. The number of fused-ring (bicyclic) bond motifs is 1. The van der Waals surface area contributed by atoms with Gasteiger partial charge >= 0.3 is 0 Å². The third-order valence-electron chi connectivity index (χ3n) is 3.43. The van der Waals surface area contributed by atoms with Crippen LogP contribution in [0, 0.1) is 0 Å². The molecular formula is C17H12ClNO3. The molecule has 0 heterocycles. The Hall–Kier alpha value is -2.59. The molecule has 0 saturated carbocycles. The van der Waals surface area contributed by atoms with Crippen LogP contribution in [0.2, 0.25) is 0 Å². The lowest BCUT2D eigenvalue weighted by molar-refractivity contribution is 0.0982. The molecule has 0 aliphatic heterocycles. The number of para-hydroxylation sites is 2. The van der Waals surface area contributed by atoms with Crippen LogP contribution in [0.4, 0.5) is 5.69 Å². The summed E-state index contributed by atoms with van der Waals surface area (Å²) in [7, 11) is 1.53. The van der Waals surface area contributed by atoms with Crippen molar-refractivity contribution in [1.29, 1.82) is 0 Å². The van der Waals surface area contributed by atoms with Gasteiger partial charge in [-0.3, -0.25) is 9.59 Å². The van der Waals surface area contributed by atoms with Crippen molar-refractivity contribution in [2.24, 2.45) is 0 Å². The van der Waals surface area contributed by atoms with E-state index < -0.39 is 0 Å². The number of allylic oxidation sites excluding steroid dienone is 2. The van der Waals surface area contributed by atoms with Crippen LogP contribution in [0.15, 0.2) is 59.3 Å². The Bertz CT molecular complexity index is 811. The summed E-state index contributed by atoms with van der Waals surface area (Å²) >= 11 is 6.11. The molecule has 0 saturated heterocycles. The van der Waals surface area contributed by atoms with Gasteiger partial charge in [-0.2, -0.15) is 0 Å². The minimum atomic E-state index is -0.366. The second-order valence-electron chi connectivity index (χ2n) is 4.72. The Morgan fingerprint density at radius 1 is 0.909 bits per heavy atom. The fourth-order valence-electron chi connectivity index (χ4n) is 2.34. The highest BCUT2D eigenvalue weighted by atomic mass is 35.5. The Morgan fingerprint density at radius 2 is 1.50 bits per heavy atom. The summed E-state index contributed by atoms with van der Waals surface area (Å²) in [4.78, 5) is 24.9. The maximum absolute atomic E-state index is 12.6. The topological polar surface area (TPSA) is 55.4 Å².